The summed E-state index contributed by atoms with van der Waals surface area (Å²) in [6, 6.07) is 26.2. The van der Waals surface area contributed by atoms with Crippen molar-refractivity contribution < 1.29 is 4.74 Å². The van der Waals surface area contributed by atoms with Gasteiger partial charge in [-0.2, -0.15) is 0 Å². The van der Waals surface area contributed by atoms with Gasteiger partial charge in [0.1, 0.15) is 17.2 Å². The minimum atomic E-state index is 0.645. The zero-order chi connectivity index (χ0) is 17.9. The molecule has 4 rings (SSSR count). The van der Waals surface area contributed by atoms with Crippen molar-refractivity contribution in [2.24, 2.45) is 9.98 Å². The van der Waals surface area contributed by atoms with E-state index >= 15 is 0 Å². The maximum Gasteiger partial charge on any atom is 0.179 e. The van der Waals surface area contributed by atoms with Crippen LogP contribution in [0, 0.1) is 0 Å². The van der Waals surface area contributed by atoms with Gasteiger partial charge in [-0.05, 0) is 23.9 Å². The number of aliphatic imine (C=N–C) groups is 2. The molecular formula is C23H18N2O. The molecule has 0 saturated carbocycles. The van der Waals surface area contributed by atoms with Crippen molar-refractivity contribution in [3.63, 3.8) is 0 Å². The lowest BCUT2D eigenvalue weighted by atomic mass is 9.95. The smallest absolute Gasteiger partial charge is 0.179 e. The van der Waals surface area contributed by atoms with Crippen molar-refractivity contribution in [3.8, 4) is 16.9 Å². The molecule has 3 aromatic rings. The molecule has 0 aromatic heterocycles. The van der Waals surface area contributed by atoms with Crippen molar-refractivity contribution in [2.45, 2.75) is 0 Å². The molecule has 0 atom stereocenters. The number of ether oxygens (including phenoxy) is 1. The molecule has 0 aliphatic carbocycles. The fraction of sp³-hybridized carbons (Fsp3) is 0.0435. The maximum atomic E-state index is 6.20. The molecule has 0 unspecified atom stereocenters. The Hall–Kier alpha value is -3.46. The standard InChI is InChI=1S/C23H18N2O/c1-24-21(17-12-7-4-8-13-17)23-22(25-2)20-18(14-9-15-19(20)26-23)16-10-5-3-6-11-16/h3-15H,1H2,2H3/b23-21+,25-22?. The van der Waals surface area contributed by atoms with E-state index in [1.54, 1.807) is 7.05 Å². The molecule has 1 aliphatic heterocycles. The number of nitrogens with zero attached hydrogens (tertiary/aromatic N) is 2. The molecule has 126 valence electrons. The van der Waals surface area contributed by atoms with E-state index in [4.69, 9.17) is 4.74 Å². The van der Waals surface area contributed by atoms with Crippen LogP contribution in [0.25, 0.3) is 16.8 Å². The van der Waals surface area contributed by atoms with E-state index in [0.717, 1.165) is 33.7 Å². The number of hydrogen-bond acceptors (Lipinski definition) is 3. The molecule has 0 fully saturated rings. The normalized spacial score (nSPS) is 16.1. The topological polar surface area (TPSA) is 34.0 Å². The summed E-state index contributed by atoms with van der Waals surface area (Å²) in [5, 5.41) is 0. The fourth-order valence-electron chi connectivity index (χ4n) is 3.25. The van der Waals surface area contributed by atoms with Gasteiger partial charge in [-0.3, -0.25) is 9.98 Å². The Bertz CT molecular complexity index is 1020. The second-order valence-corrected chi connectivity index (χ2v) is 5.92. The van der Waals surface area contributed by atoms with Gasteiger partial charge < -0.3 is 4.74 Å². The number of fused-ring (bicyclic) bond motifs is 1. The number of allylic oxidation sites excluding steroid dienone is 1. The van der Waals surface area contributed by atoms with E-state index < -0.39 is 0 Å². The van der Waals surface area contributed by atoms with Crippen molar-refractivity contribution in [1.29, 1.82) is 0 Å². The van der Waals surface area contributed by atoms with Gasteiger partial charge in [0.2, 0.25) is 0 Å². The minimum Gasteiger partial charge on any atom is -0.452 e. The highest BCUT2D eigenvalue weighted by Crippen LogP contribution is 2.41. The predicted molar refractivity (Wildman–Crippen MR) is 108 cm³/mol. The van der Waals surface area contributed by atoms with Crippen LogP contribution in [-0.4, -0.2) is 19.5 Å². The average molecular weight is 338 g/mol. The van der Waals surface area contributed by atoms with Crippen LogP contribution in [0.1, 0.15) is 11.1 Å². The van der Waals surface area contributed by atoms with Crippen LogP contribution < -0.4 is 4.74 Å². The molecule has 1 heterocycles. The first kappa shape index (κ1) is 16.0. The molecule has 3 heteroatoms. The van der Waals surface area contributed by atoms with E-state index in [9.17, 15) is 0 Å². The molecule has 3 nitrogen and oxygen atoms in total. The summed E-state index contributed by atoms with van der Waals surface area (Å²) in [5.41, 5.74) is 5.66. The van der Waals surface area contributed by atoms with E-state index in [2.05, 4.69) is 34.9 Å². The zero-order valence-electron chi connectivity index (χ0n) is 14.5. The Morgan fingerprint density at radius 2 is 1.54 bits per heavy atom. The molecular weight excluding hydrogens is 320 g/mol. The van der Waals surface area contributed by atoms with E-state index in [1.807, 2.05) is 60.7 Å². The van der Waals surface area contributed by atoms with Crippen LogP contribution in [0.4, 0.5) is 0 Å². The summed E-state index contributed by atoms with van der Waals surface area (Å²) in [4.78, 5) is 8.78. The lowest BCUT2D eigenvalue weighted by Crippen LogP contribution is -2.05. The summed E-state index contributed by atoms with van der Waals surface area (Å²) in [6.45, 7) is 3.75. The molecule has 3 aromatic carbocycles. The maximum absolute atomic E-state index is 6.20. The van der Waals surface area contributed by atoms with Crippen LogP contribution in [0.2, 0.25) is 0 Å². The first-order valence-electron chi connectivity index (χ1n) is 8.43. The third kappa shape index (κ3) is 2.64. The molecule has 1 aliphatic rings. The van der Waals surface area contributed by atoms with E-state index in [0.29, 0.717) is 11.5 Å². The molecule has 0 radical (unpaired) electrons. The number of hydrogen-bond donors (Lipinski definition) is 0. The highest BCUT2D eigenvalue weighted by Gasteiger charge is 2.31. The molecule has 0 bridgehead atoms. The lowest BCUT2D eigenvalue weighted by Gasteiger charge is -2.08. The summed E-state index contributed by atoms with van der Waals surface area (Å²) >= 11 is 0. The molecule has 0 spiro atoms. The summed E-state index contributed by atoms with van der Waals surface area (Å²) in [6.07, 6.45) is 0. The summed E-state index contributed by atoms with van der Waals surface area (Å²) < 4.78 is 6.20. The van der Waals surface area contributed by atoms with Gasteiger partial charge in [0.05, 0.1) is 5.56 Å². The van der Waals surface area contributed by atoms with Crippen molar-refractivity contribution in [2.75, 3.05) is 7.05 Å². The van der Waals surface area contributed by atoms with Crippen LogP contribution in [0.5, 0.6) is 5.75 Å². The Morgan fingerprint density at radius 3 is 2.19 bits per heavy atom. The molecule has 0 saturated heterocycles. The van der Waals surface area contributed by atoms with E-state index in [1.165, 1.54) is 0 Å². The minimum absolute atomic E-state index is 0.645. The highest BCUT2D eigenvalue weighted by molar-refractivity contribution is 6.22. The van der Waals surface area contributed by atoms with Crippen LogP contribution in [0.15, 0.2) is 94.6 Å². The van der Waals surface area contributed by atoms with Gasteiger partial charge in [-0.1, -0.05) is 72.8 Å². The number of rotatable bonds is 3. The Morgan fingerprint density at radius 1 is 0.846 bits per heavy atom. The fourth-order valence-corrected chi connectivity index (χ4v) is 3.25. The van der Waals surface area contributed by atoms with Crippen LogP contribution in [0.3, 0.4) is 0 Å². The first-order chi connectivity index (χ1) is 12.8. The Kier molecular flexibility index (Phi) is 4.20. The highest BCUT2D eigenvalue weighted by atomic mass is 16.5. The van der Waals surface area contributed by atoms with Gasteiger partial charge in [-0.25, -0.2) is 0 Å². The lowest BCUT2D eigenvalue weighted by molar-refractivity contribution is 0.470. The van der Waals surface area contributed by atoms with Crippen molar-refractivity contribution in [1.82, 2.24) is 0 Å². The van der Waals surface area contributed by atoms with Crippen LogP contribution in [-0.2, 0) is 0 Å². The summed E-state index contributed by atoms with van der Waals surface area (Å²) in [5.74, 6) is 1.44. The summed E-state index contributed by atoms with van der Waals surface area (Å²) in [7, 11) is 1.78. The third-order valence-corrected chi connectivity index (χ3v) is 4.42. The van der Waals surface area contributed by atoms with Crippen molar-refractivity contribution in [3.05, 3.63) is 95.7 Å². The number of benzene rings is 3. The van der Waals surface area contributed by atoms with E-state index in [-0.39, 0.29) is 0 Å². The van der Waals surface area contributed by atoms with Gasteiger partial charge in [0.25, 0.3) is 0 Å². The largest absolute Gasteiger partial charge is 0.452 e. The quantitative estimate of drug-likeness (QED) is 0.602. The first-order valence-corrected chi connectivity index (χ1v) is 8.43. The van der Waals surface area contributed by atoms with Gasteiger partial charge in [0, 0.05) is 12.6 Å². The average Bonchev–Trinajstić information content (AvgIpc) is 3.08. The Labute approximate surface area is 153 Å². The SMILES string of the molecule is C=N/C(=C1/Oc2cccc(-c3ccccc3)c2C1=NC)c1ccccc1. The predicted octanol–water partition coefficient (Wildman–Crippen LogP) is 5.23. The second-order valence-electron chi connectivity index (χ2n) is 5.92. The molecule has 0 amide bonds. The molecule has 0 N–H and O–H groups in total. The van der Waals surface area contributed by atoms with Gasteiger partial charge in [0.15, 0.2) is 5.76 Å². The third-order valence-electron chi connectivity index (χ3n) is 4.42. The van der Waals surface area contributed by atoms with Gasteiger partial charge >= 0.3 is 0 Å². The van der Waals surface area contributed by atoms with Crippen LogP contribution >= 0.6 is 0 Å². The van der Waals surface area contributed by atoms with Crippen molar-refractivity contribution >= 4 is 18.1 Å². The van der Waals surface area contributed by atoms with Gasteiger partial charge in [-0.15, -0.1) is 0 Å². The molecule has 26 heavy (non-hydrogen) atoms. The zero-order valence-corrected chi connectivity index (χ0v) is 14.5. The monoisotopic (exact) mass is 338 g/mol. The second kappa shape index (κ2) is 6.81. The Balaban J connectivity index is 1.93.